The van der Waals surface area contributed by atoms with Crippen molar-refractivity contribution in [1.29, 1.82) is 0 Å². The van der Waals surface area contributed by atoms with Gasteiger partial charge in [-0.25, -0.2) is 0 Å². The van der Waals surface area contributed by atoms with E-state index < -0.39 is 0 Å². The van der Waals surface area contributed by atoms with Crippen LogP contribution in [0.3, 0.4) is 0 Å². The summed E-state index contributed by atoms with van der Waals surface area (Å²) in [6, 6.07) is 2.44. The van der Waals surface area contributed by atoms with Crippen LogP contribution in [0.2, 0.25) is 0 Å². The van der Waals surface area contributed by atoms with E-state index in [-0.39, 0.29) is 16.8 Å². The Bertz CT molecular complexity index is 682. The molecule has 0 amide bonds. The first-order chi connectivity index (χ1) is 14.8. The Kier molecular flexibility index (Phi) is 12.6. The summed E-state index contributed by atoms with van der Waals surface area (Å²) >= 11 is 0. The van der Waals surface area contributed by atoms with Gasteiger partial charge >= 0.3 is 0 Å². The average molecular weight is 491 g/mol. The summed E-state index contributed by atoms with van der Waals surface area (Å²) in [7, 11) is 0. The molecule has 1 atom stereocenters. The monoisotopic (exact) mass is 490 g/mol. The van der Waals surface area contributed by atoms with Crippen molar-refractivity contribution in [3.63, 3.8) is 0 Å². The Morgan fingerprint density at radius 1 is 1.06 bits per heavy atom. The van der Waals surface area contributed by atoms with E-state index >= 15 is 0 Å². The van der Waals surface area contributed by atoms with Gasteiger partial charge in [-0.1, -0.05) is 80.1 Å². The molecule has 2 aliphatic rings. The third-order valence-corrected chi connectivity index (χ3v) is 6.75. The molecule has 1 saturated carbocycles. The molecule has 32 heavy (non-hydrogen) atoms. The summed E-state index contributed by atoms with van der Waals surface area (Å²) in [4.78, 5) is 0. The normalized spacial score (nSPS) is 18.7. The number of rotatable bonds is 8. The number of ether oxygens (including phenoxy) is 2. The van der Waals surface area contributed by atoms with E-state index in [1.54, 1.807) is 5.92 Å². The first-order valence-electron chi connectivity index (χ1n) is 12.7. The first-order valence-corrected chi connectivity index (χ1v) is 12.7. The zero-order valence-electron chi connectivity index (χ0n) is 21.6. The number of hydrogen-bond acceptors (Lipinski definition) is 3. The van der Waals surface area contributed by atoms with Gasteiger partial charge in [-0.3, -0.25) is 0 Å². The van der Waals surface area contributed by atoms with Gasteiger partial charge in [-0.15, -0.1) is 17.2 Å². The molecular weight excluding hydrogens is 443 g/mol. The molecular formula is C28H47CoO3-. The second-order valence-electron chi connectivity index (χ2n) is 10.2. The zero-order chi connectivity index (χ0) is 23.0. The predicted octanol–water partition coefficient (Wildman–Crippen LogP) is 7.47. The molecule has 1 unspecified atom stereocenters. The number of hydrogen-bond donors (Lipinski definition) is 1. The molecule has 1 N–H and O–H groups in total. The Labute approximate surface area is 208 Å². The standard InChI is InChI=1S/C25H39O2.C3H8O.Co/c1-7-14-26-23-20(17(3)4)16-18-11-12-21-19(10-9-13-25(21,5)6)22(18)24(23)27-15-8-2;1-2-3-4;/h16-17,21H,7-15H2,1-6H3;4H,2-3H2,1H3;/q-1;;. The maximum atomic E-state index is 7.88. The van der Waals surface area contributed by atoms with Crippen LogP contribution in [0, 0.1) is 17.3 Å². The van der Waals surface area contributed by atoms with Crippen LogP contribution in [-0.4, -0.2) is 24.9 Å². The number of aryl methyl sites for hydroxylation is 1. The van der Waals surface area contributed by atoms with Crippen molar-refractivity contribution >= 4 is 0 Å². The van der Waals surface area contributed by atoms with Crippen LogP contribution >= 0.6 is 0 Å². The molecule has 0 aromatic heterocycles. The fourth-order valence-electron chi connectivity index (χ4n) is 5.11. The van der Waals surface area contributed by atoms with Gasteiger partial charge in [0, 0.05) is 23.4 Å². The molecule has 1 radical (unpaired) electrons. The summed E-state index contributed by atoms with van der Waals surface area (Å²) < 4.78 is 12.8. The predicted molar refractivity (Wildman–Crippen MR) is 131 cm³/mol. The molecule has 0 heterocycles. The molecule has 1 aromatic carbocycles. The van der Waals surface area contributed by atoms with Crippen LogP contribution in [0.4, 0.5) is 0 Å². The fourth-order valence-corrected chi connectivity index (χ4v) is 5.11. The average Bonchev–Trinajstić information content (AvgIpc) is 2.75. The van der Waals surface area contributed by atoms with Crippen molar-refractivity contribution in [1.82, 2.24) is 0 Å². The van der Waals surface area contributed by atoms with E-state index in [4.69, 9.17) is 14.6 Å². The minimum atomic E-state index is 0. The van der Waals surface area contributed by atoms with Gasteiger partial charge in [0.1, 0.15) is 5.75 Å². The second kappa shape index (κ2) is 13.8. The summed E-state index contributed by atoms with van der Waals surface area (Å²) in [5.74, 6) is 4.86. The van der Waals surface area contributed by atoms with Crippen LogP contribution < -0.4 is 9.47 Å². The molecule has 3 rings (SSSR count). The molecule has 0 spiro atoms. The summed E-state index contributed by atoms with van der Waals surface area (Å²) in [5, 5.41) is 7.88. The number of aliphatic hydroxyl groups excluding tert-OH is 1. The molecule has 4 heteroatoms. The van der Waals surface area contributed by atoms with Crippen LogP contribution in [0.25, 0.3) is 0 Å². The van der Waals surface area contributed by atoms with E-state index in [2.05, 4.69) is 47.6 Å². The van der Waals surface area contributed by atoms with Crippen molar-refractivity contribution in [3.05, 3.63) is 28.7 Å². The van der Waals surface area contributed by atoms with Gasteiger partial charge in [0.2, 0.25) is 0 Å². The topological polar surface area (TPSA) is 38.7 Å². The van der Waals surface area contributed by atoms with Gasteiger partial charge in [-0.2, -0.15) is 5.92 Å². The van der Waals surface area contributed by atoms with Crippen molar-refractivity contribution in [3.8, 4) is 11.5 Å². The summed E-state index contributed by atoms with van der Waals surface area (Å²) in [6.45, 7) is 17.6. The Balaban J connectivity index is 0.000000945. The van der Waals surface area contributed by atoms with Crippen LogP contribution in [-0.2, 0) is 23.2 Å². The maximum Gasteiger partial charge on any atom is 0.108 e. The van der Waals surface area contributed by atoms with E-state index in [9.17, 15) is 0 Å². The quantitative estimate of drug-likeness (QED) is 0.384. The number of aliphatic hydroxyl groups is 1. The van der Waals surface area contributed by atoms with E-state index in [0.717, 1.165) is 44.0 Å². The molecule has 0 bridgehead atoms. The minimum absolute atomic E-state index is 0. The van der Waals surface area contributed by atoms with Crippen molar-refractivity contribution in [2.24, 2.45) is 11.3 Å². The van der Waals surface area contributed by atoms with E-state index in [1.165, 1.54) is 48.8 Å². The number of fused-ring (bicyclic) bond motifs is 3. The third kappa shape index (κ3) is 6.83. The molecule has 0 aliphatic heterocycles. The molecule has 1 fully saturated rings. The molecule has 187 valence electrons. The Morgan fingerprint density at radius 3 is 2.19 bits per heavy atom. The second-order valence-corrected chi connectivity index (χ2v) is 10.2. The van der Waals surface area contributed by atoms with Gasteiger partial charge in [-0.05, 0) is 42.6 Å². The fraction of sp³-hybridized carbons (Fsp3) is 0.750. The van der Waals surface area contributed by atoms with Gasteiger partial charge in [0.15, 0.2) is 0 Å². The van der Waals surface area contributed by atoms with Gasteiger partial charge in [0.25, 0.3) is 0 Å². The van der Waals surface area contributed by atoms with Crippen LogP contribution in [0.1, 0.15) is 116 Å². The molecule has 0 saturated heterocycles. The minimum Gasteiger partial charge on any atom is -0.547 e. The molecule has 2 aliphatic carbocycles. The van der Waals surface area contributed by atoms with E-state index in [0.29, 0.717) is 23.9 Å². The van der Waals surface area contributed by atoms with Crippen molar-refractivity contribution in [2.45, 2.75) is 106 Å². The molecule has 3 nitrogen and oxygen atoms in total. The van der Waals surface area contributed by atoms with Crippen LogP contribution in [0.15, 0.2) is 6.07 Å². The summed E-state index contributed by atoms with van der Waals surface area (Å²) in [6.07, 6.45) is 9.23. The van der Waals surface area contributed by atoms with Crippen molar-refractivity contribution in [2.75, 3.05) is 19.8 Å². The smallest absolute Gasteiger partial charge is 0.108 e. The van der Waals surface area contributed by atoms with Gasteiger partial charge < -0.3 is 14.6 Å². The maximum absolute atomic E-state index is 7.88. The van der Waals surface area contributed by atoms with E-state index in [1.807, 2.05) is 6.92 Å². The Morgan fingerprint density at radius 2 is 1.66 bits per heavy atom. The summed E-state index contributed by atoms with van der Waals surface area (Å²) in [5.41, 5.74) is 4.64. The van der Waals surface area contributed by atoms with Crippen molar-refractivity contribution < 1.29 is 31.4 Å². The Hall–Kier alpha value is -0.844. The SMILES string of the molecule is CCCO.CCCOc1c(C(C)C)cc2c(c1OCCC)[C-]1CCCC(C)(C)C1CC2.[Co]. The zero-order valence-corrected chi connectivity index (χ0v) is 22.6. The first kappa shape index (κ1) is 29.2. The molecule has 1 aromatic rings. The van der Waals surface area contributed by atoms with Gasteiger partial charge in [0.05, 0.1) is 19.0 Å². The number of benzene rings is 1. The third-order valence-electron chi connectivity index (χ3n) is 6.75. The van der Waals surface area contributed by atoms with Crippen LogP contribution in [0.5, 0.6) is 11.5 Å². The largest absolute Gasteiger partial charge is 0.547 e.